The van der Waals surface area contributed by atoms with Crippen LogP contribution in [-0.2, 0) is 16.1 Å². The van der Waals surface area contributed by atoms with Crippen LogP contribution in [0.1, 0.15) is 38.1 Å². The van der Waals surface area contributed by atoms with Gasteiger partial charge in [-0.3, -0.25) is 14.0 Å². The van der Waals surface area contributed by atoms with Crippen molar-refractivity contribution in [1.82, 2.24) is 14.3 Å². The van der Waals surface area contributed by atoms with E-state index in [1.807, 2.05) is 6.92 Å². The number of fused-ring (bicyclic) bond motifs is 1. The maximum atomic E-state index is 13.5. The number of hydrogen-bond donors (Lipinski definition) is 0. The van der Waals surface area contributed by atoms with Crippen LogP contribution >= 0.6 is 11.3 Å². The molecule has 1 aliphatic heterocycles. The van der Waals surface area contributed by atoms with Gasteiger partial charge in [0.25, 0.3) is 5.56 Å². The molecule has 178 valence electrons. The van der Waals surface area contributed by atoms with Crippen LogP contribution in [0.25, 0.3) is 6.08 Å². The van der Waals surface area contributed by atoms with Gasteiger partial charge in [0.1, 0.15) is 5.75 Å². The largest absolute Gasteiger partial charge is 0.463 e. The van der Waals surface area contributed by atoms with E-state index in [4.69, 9.17) is 4.74 Å². The predicted octanol–water partition coefficient (Wildman–Crippen LogP) is 2.62. The molecule has 0 N–H and O–H groups in total. The number of esters is 1. The summed E-state index contributed by atoms with van der Waals surface area (Å²) in [5, 5.41) is 4.22. The van der Waals surface area contributed by atoms with Crippen molar-refractivity contribution in [3.63, 3.8) is 0 Å². The molecule has 0 aliphatic carbocycles. The summed E-state index contributed by atoms with van der Waals surface area (Å²) in [5.41, 5.74) is 1.59. The number of ether oxygens (including phenoxy) is 2. The molecule has 0 saturated carbocycles. The molecule has 0 fully saturated rings. The molecular weight excluding hydrogens is 466 g/mol. The van der Waals surface area contributed by atoms with Crippen molar-refractivity contribution in [2.45, 2.75) is 40.0 Å². The lowest BCUT2D eigenvalue weighted by Crippen LogP contribution is -2.40. The van der Waals surface area contributed by atoms with Gasteiger partial charge in [-0.25, -0.2) is 9.79 Å². The Morgan fingerprint density at radius 3 is 2.62 bits per heavy atom. The lowest BCUT2D eigenvalue weighted by molar-refractivity contribution is -0.139. The monoisotopic (exact) mass is 488 g/mol. The number of aromatic nitrogens is 3. The van der Waals surface area contributed by atoms with E-state index in [-0.39, 0.29) is 23.5 Å². The highest BCUT2D eigenvalue weighted by atomic mass is 32.1. The molecule has 34 heavy (non-hydrogen) atoms. The van der Waals surface area contributed by atoms with Crippen LogP contribution in [0.3, 0.4) is 0 Å². The molecule has 1 unspecified atom stereocenters. The second-order valence-corrected chi connectivity index (χ2v) is 8.33. The van der Waals surface area contributed by atoms with Gasteiger partial charge in [0.2, 0.25) is 0 Å². The number of allylic oxidation sites excluding steroid dienone is 1. The first-order chi connectivity index (χ1) is 16.3. The average molecular weight is 489 g/mol. The van der Waals surface area contributed by atoms with Crippen molar-refractivity contribution in [1.29, 1.82) is 0 Å². The van der Waals surface area contributed by atoms with Crippen LogP contribution < -0.4 is 19.6 Å². The average Bonchev–Trinajstić information content (AvgIpc) is 3.37. The first-order valence-electron chi connectivity index (χ1n) is 10.6. The van der Waals surface area contributed by atoms with Crippen LogP contribution in [0.5, 0.6) is 5.75 Å². The van der Waals surface area contributed by atoms with E-state index in [2.05, 4.69) is 14.8 Å². The molecule has 0 spiro atoms. The summed E-state index contributed by atoms with van der Waals surface area (Å²) >= 11 is 1.20. The van der Waals surface area contributed by atoms with Gasteiger partial charge in [0, 0.05) is 12.7 Å². The SMILES string of the molecule is CCOC(=O)C1=C(C)N=c2s/c(=C/c3ccnn3CC)c(=O)n2C1c1ccc(OC(F)F)cc1. The lowest BCUT2D eigenvalue weighted by atomic mass is 9.96. The standard InChI is InChI=1S/C23H22F2N4O4S/c1-4-28-15(10-11-26-28)12-17-20(30)29-19(14-6-8-16(9-7-14)33-22(24)25)18(21(31)32-5-2)13(3)27-23(29)34-17/h6-12,19,22H,4-5H2,1-3H3/b17-12+. The number of benzene rings is 1. The quantitative estimate of drug-likeness (QED) is 0.477. The van der Waals surface area contributed by atoms with Gasteiger partial charge < -0.3 is 9.47 Å². The van der Waals surface area contributed by atoms with Crippen LogP contribution in [-0.4, -0.2) is 33.5 Å². The smallest absolute Gasteiger partial charge is 0.387 e. The molecule has 0 amide bonds. The van der Waals surface area contributed by atoms with Gasteiger partial charge in [-0.2, -0.15) is 13.9 Å². The molecule has 0 saturated heterocycles. The van der Waals surface area contributed by atoms with Gasteiger partial charge in [0.05, 0.1) is 34.1 Å². The molecule has 0 bridgehead atoms. The third-order valence-corrected chi connectivity index (χ3v) is 6.25. The molecule has 4 rings (SSSR count). The molecule has 1 atom stereocenters. The fourth-order valence-electron chi connectivity index (χ4n) is 3.80. The van der Waals surface area contributed by atoms with E-state index >= 15 is 0 Å². The molecule has 3 aromatic rings. The van der Waals surface area contributed by atoms with Crippen LogP contribution in [0, 0.1) is 0 Å². The first kappa shape index (κ1) is 23.6. The summed E-state index contributed by atoms with van der Waals surface area (Å²) in [4.78, 5) is 31.3. The third kappa shape index (κ3) is 4.43. The molecule has 3 heterocycles. The number of thiazole rings is 1. The van der Waals surface area contributed by atoms with Crippen molar-refractivity contribution in [3.05, 3.63) is 78.7 Å². The number of aryl methyl sites for hydroxylation is 1. The van der Waals surface area contributed by atoms with E-state index in [0.29, 0.717) is 27.1 Å². The summed E-state index contributed by atoms with van der Waals surface area (Å²) < 4.78 is 38.5. The molecule has 2 aromatic heterocycles. The Balaban J connectivity index is 1.90. The van der Waals surface area contributed by atoms with E-state index in [9.17, 15) is 18.4 Å². The number of hydrogen-bond acceptors (Lipinski definition) is 7. The number of halogens is 2. The Labute approximate surface area is 197 Å². The Morgan fingerprint density at radius 1 is 1.24 bits per heavy atom. The second kappa shape index (κ2) is 9.72. The van der Waals surface area contributed by atoms with Gasteiger partial charge in [0.15, 0.2) is 4.80 Å². The van der Waals surface area contributed by atoms with Crippen LogP contribution in [0.2, 0.25) is 0 Å². The van der Waals surface area contributed by atoms with Crippen LogP contribution in [0.15, 0.2) is 57.6 Å². The zero-order valence-electron chi connectivity index (χ0n) is 18.7. The molecule has 11 heteroatoms. The van der Waals surface area contributed by atoms with Crippen LogP contribution in [0.4, 0.5) is 8.78 Å². The number of rotatable bonds is 7. The van der Waals surface area contributed by atoms with Crippen molar-refractivity contribution in [2.24, 2.45) is 4.99 Å². The molecule has 8 nitrogen and oxygen atoms in total. The van der Waals surface area contributed by atoms with Crippen molar-refractivity contribution >= 4 is 23.4 Å². The van der Waals surface area contributed by atoms with Crippen molar-refractivity contribution < 1.29 is 23.0 Å². The number of alkyl halides is 2. The van der Waals surface area contributed by atoms with E-state index in [1.54, 1.807) is 49.0 Å². The minimum Gasteiger partial charge on any atom is -0.463 e. The highest BCUT2D eigenvalue weighted by Crippen LogP contribution is 2.31. The van der Waals surface area contributed by atoms with E-state index in [1.165, 1.54) is 28.0 Å². The van der Waals surface area contributed by atoms with Crippen molar-refractivity contribution in [2.75, 3.05) is 6.61 Å². The lowest BCUT2D eigenvalue weighted by Gasteiger charge is -2.24. The van der Waals surface area contributed by atoms with Gasteiger partial charge in [-0.1, -0.05) is 23.5 Å². The summed E-state index contributed by atoms with van der Waals surface area (Å²) in [5.74, 6) is -0.627. The minimum absolute atomic E-state index is 0.0302. The number of carbonyl (C=O) groups is 1. The summed E-state index contributed by atoms with van der Waals surface area (Å²) in [6.45, 7) is 3.13. The summed E-state index contributed by atoms with van der Waals surface area (Å²) in [6, 6.07) is 6.79. The predicted molar refractivity (Wildman–Crippen MR) is 121 cm³/mol. The van der Waals surface area contributed by atoms with E-state index < -0.39 is 18.6 Å². The molecular formula is C23H22F2N4O4S. The Kier molecular flexibility index (Phi) is 6.73. The molecule has 0 radical (unpaired) electrons. The normalized spacial score (nSPS) is 15.9. The molecule has 1 aliphatic rings. The highest BCUT2D eigenvalue weighted by molar-refractivity contribution is 7.07. The van der Waals surface area contributed by atoms with Crippen molar-refractivity contribution in [3.8, 4) is 5.75 Å². The highest BCUT2D eigenvalue weighted by Gasteiger charge is 2.33. The number of carbonyl (C=O) groups excluding carboxylic acids is 1. The second-order valence-electron chi connectivity index (χ2n) is 7.32. The fourth-order valence-corrected chi connectivity index (χ4v) is 4.83. The zero-order valence-corrected chi connectivity index (χ0v) is 19.5. The fraction of sp³-hybridized carbons (Fsp3) is 0.304. The maximum absolute atomic E-state index is 13.5. The Morgan fingerprint density at radius 2 is 1.97 bits per heavy atom. The summed E-state index contributed by atoms with van der Waals surface area (Å²) in [7, 11) is 0. The number of nitrogens with zero attached hydrogens (tertiary/aromatic N) is 4. The maximum Gasteiger partial charge on any atom is 0.387 e. The van der Waals surface area contributed by atoms with E-state index in [0.717, 1.165) is 5.69 Å². The minimum atomic E-state index is -2.96. The van der Waals surface area contributed by atoms with Gasteiger partial charge >= 0.3 is 12.6 Å². The summed E-state index contributed by atoms with van der Waals surface area (Å²) in [6.07, 6.45) is 3.39. The molecule has 1 aromatic carbocycles. The topological polar surface area (TPSA) is 87.7 Å². The third-order valence-electron chi connectivity index (χ3n) is 5.27. The first-order valence-corrected chi connectivity index (χ1v) is 11.4. The van der Waals surface area contributed by atoms with Gasteiger partial charge in [-0.15, -0.1) is 0 Å². The Hall–Kier alpha value is -3.60. The Bertz CT molecular complexity index is 1420. The zero-order chi connectivity index (χ0) is 24.4. The van der Waals surface area contributed by atoms with Gasteiger partial charge in [-0.05, 0) is 50.6 Å².